The summed E-state index contributed by atoms with van der Waals surface area (Å²) < 4.78 is 0. The van der Waals surface area contributed by atoms with Crippen molar-refractivity contribution < 1.29 is 0 Å². The fraction of sp³-hybridized carbons (Fsp3) is 0.368. The second kappa shape index (κ2) is 6.98. The van der Waals surface area contributed by atoms with Gasteiger partial charge in [0.05, 0.1) is 0 Å². The maximum atomic E-state index is 5.97. The summed E-state index contributed by atoms with van der Waals surface area (Å²) in [6.45, 7) is 6.74. The van der Waals surface area contributed by atoms with Crippen LogP contribution in [0.4, 0.5) is 0 Å². The van der Waals surface area contributed by atoms with E-state index in [1.165, 1.54) is 16.7 Å². The molecule has 1 atom stereocenters. The summed E-state index contributed by atoms with van der Waals surface area (Å²) in [6.07, 6.45) is 1.04. The number of benzene rings is 2. The van der Waals surface area contributed by atoms with Crippen molar-refractivity contribution in [2.75, 3.05) is 5.33 Å². The summed E-state index contributed by atoms with van der Waals surface area (Å²) in [5.41, 5.74) is 4.30. The molecule has 0 spiro atoms. The van der Waals surface area contributed by atoms with Crippen LogP contribution >= 0.6 is 27.5 Å². The van der Waals surface area contributed by atoms with E-state index in [-0.39, 0.29) is 5.41 Å². The van der Waals surface area contributed by atoms with E-state index in [1.54, 1.807) is 0 Å². The third kappa shape index (κ3) is 4.59. The van der Waals surface area contributed by atoms with Crippen LogP contribution in [0.15, 0.2) is 48.5 Å². The lowest BCUT2D eigenvalue weighted by atomic mass is 9.85. The number of alkyl halides is 1. The maximum Gasteiger partial charge on any atom is 0.0406 e. The average Bonchev–Trinajstić information content (AvgIpc) is 2.45. The van der Waals surface area contributed by atoms with Gasteiger partial charge in [-0.1, -0.05) is 84.7 Å². The van der Waals surface area contributed by atoms with Crippen molar-refractivity contribution in [1.82, 2.24) is 0 Å². The summed E-state index contributed by atoms with van der Waals surface area (Å²) in [7, 11) is 0. The van der Waals surface area contributed by atoms with Crippen molar-refractivity contribution in [1.29, 1.82) is 0 Å². The monoisotopic (exact) mass is 364 g/mol. The number of hydrogen-bond acceptors (Lipinski definition) is 0. The van der Waals surface area contributed by atoms with E-state index in [0.717, 1.165) is 16.8 Å². The van der Waals surface area contributed by atoms with Gasteiger partial charge in [-0.25, -0.2) is 0 Å². The molecule has 0 saturated carbocycles. The molecule has 0 aliphatic carbocycles. The second-order valence-electron chi connectivity index (χ2n) is 6.55. The first-order chi connectivity index (χ1) is 9.90. The van der Waals surface area contributed by atoms with Crippen LogP contribution in [0.1, 0.15) is 43.4 Å². The average molecular weight is 366 g/mol. The Kier molecular flexibility index (Phi) is 5.51. The zero-order valence-electron chi connectivity index (χ0n) is 12.9. The van der Waals surface area contributed by atoms with E-state index in [9.17, 15) is 0 Å². The van der Waals surface area contributed by atoms with Gasteiger partial charge in [0, 0.05) is 10.4 Å². The van der Waals surface area contributed by atoms with Gasteiger partial charge in [0.2, 0.25) is 0 Å². The van der Waals surface area contributed by atoms with Crippen LogP contribution in [-0.4, -0.2) is 5.33 Å². The second-order valence-corrected chi connectivity index (χ2v) is 7.64. The normalized spacial score (nSPS) is 13.2. The minimum Gasteiger partial charge on any atom is -0.0921 e. The third-order valence-electron chi connectivity index (χ3n) is 3.83. The molecule has 0 aliphatic rings. The topological polar surface area (TPSA) is 0 Å². The predicted molar refractivity (Wildman–Crippen MR) is 96.8 cm³/mol. The fourth-order valence-electron chi connectivity index (χ4n) is 2.42. The molecule has 0 nitrogen and oxygen atoms in total. The zero-order chi connectivity index (χ0) is 15.5. The molecule has 2 aromatic rings. The molecule has 21 heavy (non-hydrogen) atoms. The first-order valence-electron chi connectivity index (χ1n) is 7.31. The number of halogens is 2. The highest BCUT2D eigenvalue weighted by Crippen LogP contribution is 2.27. The van der Waals surface area contributed by atoms with Crippen LogP contribution in [0.5, 0.6) is 0 Å². The maximum absolute atomic E-state index is 5.97. The van der Waals surface area contributed by atoms with Crippen LogP contribution in [0.2, 0.25) is 5.02 Å². The van der Waals surface area contributed by atoms with Crippen LogP contribution in [0, 0.1) is 0 Å². The Bertz CT molecular complexity index is 564. The molecule has 112 valence electrons. The summed E-state index contributed by atoms with van der Waals surface area (Å²) in [5, 5.41) is 1.75. The predicted octanol–water partition coefficient (Wildman–Crippen LogP) is 6.36. The summed E-state index contributed by atoms with van der Waals surface area (Å²) in [4.78, 5) is 0. The summed E-state index contributed by atoms with van der Waals surface area (Å²) in [6, 6.07) is 17.2. The molecule has 0 heterocycles. The Morgan fingerprint density at radius 2 is 1.52 bits per heavy atom. The van der Waals surface area contributed by atoms with Crippen LogP contribution in [0.25, 0.3) is 0 Å². The number of hydrogen-bond donors (Lipinski definition) is 0. The van der Waals surface area contributed by atoms with Crippen LogP contribution in [-0.2, 0) is 11.8 Å². The van der Waals surface area contributed by atoms with E-state index >= 15 is 0 Å². The van der Waals surface area contributed by atoms with Crippen molar-refractivity contribution in [3.05, 3.63) is 70.2 Å². The highest BCUT2D eigenvalue weighted by molar-refractivity contribution is 9.09. The molecule has 0 bridgehead atoms. The van der Waals surface area contributed by atoms with Crippen molar-refractivity contribution in [2.24, 2.45) is 0 Å². The van der Waals surface area contributed by atoms with Crippen LogP contribution in [0.3, 0.4) is 0 Å². The van der Waals surface area contributed by atoms with Gasteiger partial charge in [0.25, 0.3) is 0 Å². The van der Waals surface area contributed by atoms with Gasteiger partial charge in [0.15, 0.2) is 0 Å². The lowest BCUT2D eigenvalue weighted by Gasteiger charge is -2.20. The smallest absolute Gasteiger partial charge is 0.0406 e. The quantitative estimate of drug-likeness (QED) is 0.553. The zero-order valence-corrected chi connectivity index (χ0v) is 15.2. The molecular formula is C19H22BrCl. The summed E-state index contributed by atoms with van der Waals surface area (Å²) >= 11 is 9.61. The van der Waals surface area contributed by atoms with Gasteiger partial charge in [-0.2, -0.15) is 0 Å². The first-order valence-corrected chi connectivity index (χ1v) is 8.81. The van der Waals surface area contributed by atoms with Gasteiger partial charge in [-0.15, -0.1) is 0 Å². The molecule has 2 heteroatoms. The lowest BCUT2D eigenvalue weighted by molar-refractivity contribution is 0.590. The molecule has 0 saturated heterocycles. The minimum absolute atomic E-state index is 0.212. The minimum atomic E-state index is 0.212. The largest absolute Gasteiger partial charge is 0.0921 e. The van der Waals surface area contributed by atoms with Crippen molar-refractivity contribution in [3.8, 4) is 0 Å². The van der Waals surface area contributed by atoms with Gasteiger partial charge in [-0.3, -0.25) is 0 Å². The van der Waals surface area contributed by atoms with Gasteiger partial charge in [0.1, 0.15) is 0 Å². The Balaban J connectivity index is 2.13. The van der Waals surface area contributed by atoms with E-state index < -0.39 is 0 Å². The molecule has 0 amide bonds. The first kappa shape index (κ1) is 16.6. The molecule has 2 aromatic carbocycles. The van der Waals surface area contributed by atoms with Crippen molar-refractivity contribution in [2.45, 2.75) is 38.5 Å². The highest BCUT2D eigenvalue weighted by atomic mass is 79.9. The fourth-order valence-corrected chi connectivity index (χ4v) is 3.15. The number of rotatable bonds is 4. The molecule has 1 unspecified atom stereocenters. The molecular weight excluding hydrogens is 344 g/mol. The van der Waals surface area contributed by atoms with Gasteiger partial charge in [-0.05, 0) is 46.6 Å². The van der Waals surface area contributed by atoms with Crippen molar-refractivity contribution in [3.63, 3.8) is 0 Å². The van der Waals surface area contributed by atoms with Gasteiger partial charge >= 0.3 is 0 Å². The van der Waals surface area contributed by atoms with E-state index in [1.807, 2.05) is 12.1 Å². The Morgan fingerprint density at radius 1 is 0.952 bits per heavy atom. The lowest BCUT2D eigenvalue weighted by Crippen LogP contribution is -2.11. The van der Waals surface area contributed by atoms with Crippen LogP contribution < -0.4 is 0 Å². The molecule has 0 aromatic heterocycles. The van der Waals surface area contributed by atoms with Gasteiger partial charge < -0.3 is 0 Å². The standard InChI is InChI=1S/C19H22BrCl/c1-19(2,3)17-8-4-14(5-9-17)12-16(13-20)15-6-10-18(21)11-7-15/h4-11,16H,12-13H2,1-3H3. The highest BCUT2D eigenvalue weighted by Gasteiger charge is 2.14. The Hall–Kier alpha value is -0.790. The summed E-state index contributed by atoms with van der Waals surface area (Å²) in [5.74, 6) is 0.475. The van der Waals surface area contributed by atoms with Crippen molar-refractivity contribution >= 4 is 27.5 Å². The molecule has 0 fully saturated rings. The van der Waals surface area contributed by atoms with E-state index in [4.69, 9.17) is 11.6 Å². The molecule has 0 N–H and O–H groups in total. The Labute approximate surface area is 141 Å². The van der Waals surface area contributed by atoms with E-state index in [0.29, 0.717) is 5.92 Å². The third-order valence-corrected chi connectivity index (χ3v) is 4.86. The molecule has 2 rings (SSSR count). The SMILES string of the molecule is CC(C)(C)c1ccc(CC(CBr)c2ccc(Cl)cc2)cc1. The van der Waals surface area contributed by atoms with E-state index in [2.05, 4.69) is 73.1 Å². The Morgan fingerprint density at radius 3 is 2.00 bits per heavy atom. The molecule has 0 radical (unpaired) electrons. The molecule has 0 aliphatic heterocycles.